The molecule has 2 aromatic rings. The first-order valence-corrected chi connectivity index (χ1v) is 6.57. The number of nitrogen functional groups attached to an aromatic ring is 1. The van der Waals surface area contributed by atoms with Gasteiger partial charge in [0.25, 0.3) is 5.91 Å². The normalized spacial score (nSPS) is 10.2. The molecule has 1 amide bonds. The molecule has 0 saturated carbocycles. The Hall–Kier alpha value is -1.70. The van der Waals surface area contributed by atoms with Crippen molar-refractivity contribution in [3.63, 3.8) is 0 Å². The zero-order valence-corrected chi connectivity index (χ0v) is 12.3. The summed E-state index contributed by atoms with van der Waals surface area (Å²) in [6.07, 6.45) is 1.33. The molecular formula is C12H9BrClFN4O. The van der Waals surface area contributed by atoms with E-state index in [1.807, 2.05) is 0 Å². The lowest BCUT2D eigenvalue weighted by Gasteiger charge is -2.08. The molecule has 8 heteroatoms. The van der Waals surface area contributed by atoms with Crippen molar-refractivity contribution in [1.29, 1.82) is 0 Å². The van der Waals surface area contributed by atoms with Crippen molar-refractivity contribution in [1.82, 2.24) is 4.98 Å². The van der Waals surface area contributed by atoms with Crippen molar-refractivity contribution in [3.05, 3.63) is 51.3 Å². The second-order valence-electron chi connectivity index (χ2n) is 3.78. The van der Waals surface area contributed by atoms with Gasteiger partial charge in [-0.25, -0.2) is 15.2 Å². The van der Waals surface area contributed by atoms with Gasteiger partial charge in [0, 0.05) is 10.7 Å². The van der Waals surface area contributed by atoms with Gasteiger partial charge in [0.15, 0.2) is 5.82 Å². The summed E-state index contributed by atoms with van der Waals surface area (Å²) >= 11 is 9.05. The average molecular weight is 360 g/mol. The molecule has 4 N–H and O–H groups in total. The molecule has 0 bridgehead atoms. The summed E-state index contributed by atoms with van der Waals surface area (Å²) < 4.78 is 13.4. The van der Waals surface area contributed by atoms with E-state index in [1.165, 1.54) is 30.5 Å². The number of carbonyl (C=O) groups excluding carboxylic acids is 1. The van der Waals surface area contributed by atoms with Gasteiger partial charge >= 0.3 is 0 Å². The van der Waals surface area contributed by atoms with E-state index in [1.54, 1.807) is 0 Å². The van der Waals surface area contributed by atoms with Crippen LogP contribution >= 0.6 is 27.5 Å². The van der Waals surface area contributed by atoms with Crippen LogP contribution in [0.25, 0.3) is 0 Å². The lowest BCUT2D eigenvalue weighted by atomic mass is 10.2. The predicted molar refractivity (Wildman–Crippen MR) is 79.1 cm³/mol. The first-order chi connectivity index (χ1) is 9.51. The molecule has 1 aromatic heterocycles. The molecular weight excluding hydrogens is 351 g/mol. The smallest absolute Gasteiger partial charge is 0.257 e. The van der Waals surface area contributed by atoms with Crippen molar-refractivity contribution in [2.24, 2.45) is 5.84 Å². The summed E-state index contributed by atoms with van der Waals surface area (Å²) in [5.41, 5.74) is 3.00. The van der Waals surface area contributed by atoms with Crippen LogP contribution in [-0.4, -0.2) is 10.9 Å². The van der Waals surface area contributed by atoms with E-state index < -0.39 is 11.7 Å². The Labute approximate surface area is 127 Å². The predicted octanol–water partition coefficient (Wildman–Crippen LogP) is 3.17. The minimum Gasteiger partial charge on any atom is -0.321 e. The van der Waals surface area contributed by atoms with Gasteiger partial charge in [0.05, 0.1) is 16.3 Å². The maximum atomic E-state index is 13.0. The number of nitrogens with zero attached hydrogens (tertiary/aromatic N) is 1. The van der Waals surface area contributed by atoms with Gasteiger partial charge in [-0.15, -0.1) is 0 Å². The SMILES string of the molecule is NNc1ncc(C(=O)Nc2ccc(F)cc2Br)cc1Cl. The van der Waals surface area contributed by atoms with Crippen molar-refractivity contribution >= 4 is 44.9 Å². The van der Waals surface area contributed by atoms with Crippen LogP contribution in [0.5, 0.6) is 0 Å². The van der Waals surface area contributed by atoms with Gasteiger partial charge in [0.2, 0.25) is 0 Å². The lowest BCUT2D eigenvalue weighted by molar-refractivity contribution is 0.102. The molecule has 0 aliphatic heterocycles. The third-order valence-corrected chi connectivity index (χ3v) is 3.36. The maximum absolute atomic E-state index is 13.0. The number of hydrogen-bond acceptors (Lipinski definition) is 4. The third-order valence-electron chi connectivity index (χ3n) is 2.42. The fourth-order valence-electron chi connectivity index (χ4n) is 1.45. The monoisotopic (exact) mass is 358 g/mol. The number of hydrazine groups is 1. The summed E-state index contributed by atoms with van der Waals surface area (Å²) in [4.78, 5) is 15.9. The van der Waals surface area contributed by atoms with Crippen LogP contribution in [0.2, 0.25) is 5.02 Å². The highest BCUT2D eigenvalue weighted by molar-refractivity contribution is 9.10. The molecule has 1 heterocycles. The van der Waals surface area contributed by atoms with Crippen LogP contribution in [0.4, 0.5) is 15.9 Å². The number of benzene rings is 1. The second-order valence-corrected chi connectivity index (χ2v) is 5.04. The van der Waals surface area contributed by atoms with Gasteiger partial charge in [-0.05, 0) is 40.2 Å². The number of pyridine rings is 1. The molecule has 1 aromatic carbocycles. The quantitative estimate of drug-likeness (QED) is 0.581. The van der Waals surface area contributed by atoms with Crippen LogP contribution in [0.3, 0.4) is 0 Å². The largest absolute Gasteiger partial charge is 0.321 e. The zero-order chi connectivity index (χ0) is 14.7. The number of rotatable bonds is 3. The lowest BCUT2D eigenvalue weighted by Crippen LogP contribution is -2.14. The molecule has 20 heavy (non-hydrogen) atoms. The van der Waals surface area contributed by atoms with Crippen LogP contribution in [0, 0.1) is 5.82 Å². The molecule has 0 radical (unpaired) electrons. The minimum atomic E-state index is -0.421. The number of aromatic nitrogens is 1. The maximum Gasteiger partial charge on any atom is 0.257 e. The van der Waals surface area contributed by atoms with Gasteiger partial charge in [0.1, 0.15) is 5.82 Å². The Kier molecular flexibility index (Phi) is 4.53. The number of nitrogens with two attached hydrogens (primary N) is 1. The molecule has 0 fully saturated rings. The Balaban J connectivity index is 2.21. The summed E-state index contributed by atoms with van der Waals surface area (Å²) in [7, 11) is 0. The van der Waals surface area contributed by atoms with Gasteiger partial charge < -0.3 is 10.7 Å². The number of nitrogens with one attached hydrogen (secondary N) is 2. The van der Waals surface area contributed by atoms with E-state index in [2.05, 4.69) is 31.7 Å². The van der Waals surface area contributed by atoms with Crippen LogP contribution < -0.4 is 16.6 Å². The standard InChI is InChI=1S/C12H9BrClFN4O/c13-8-4-7(15)1-2-10(8)18-12(20)6-3-9(14)11(19-16)17-5-6/h1-5H,16H2,(H,17,19)(H,18,20). The Morgan fingerprint density at radius 3 is 2.75 bits per heavy atom. The van der Waals surface area contributed by atoms with Crippen LogP contribution in [-0.2, 0) is 0 Å². The number of hydrogen-bond donors (Lipinski definition) is 3. The van der Waals surface area contributed by atoms with Crippen LogP contribution in [0.15, 0.2) is 34.9 Å². The van der Waals surface area contributed by atoms with Crippen molar-refractivity contribution < 1.29 is 9.18 Å². The zero-order valence-electron chi connectivity index (χ0n) is 9.95. The van der Waals surface area contributed by atoms with E-state index in [0.29, 0.717) is 10.2 Å². The summed E-state index contributed by atoms with van der Waals surface area (Å²) in [5.74, 6) is 4.64. The summed E-state index contributed by atoms with van der Waals surface area (Å²) in [6.45, 7) is 0. The molecule has 0 saturated heterocycles. The number of carbonyl (C=O) groups is 1. The van der Waals surface area contributed by atoms with Gasteiger partial charge in [-0.3, -0.25) is 4.79 Å². The highest BCUT2D eigenvalue weighted by Crippen LogP contribution is 2.24. The van der Waals surface area contributed by atoms with Gasteiger partial charge in [-0.1, -0.05) is 11.6 Å². The molecule has 0 spiro atoms. The Morgan fingerprint density at radius 2 is 2.15 bits per heavy atom. The van der Waals surface area contributed by atoms with Crippen LogP contribution in [0.1, 0.15) is 10.4 Å². The summed E-state index contributed by atoms with van der Waals surface area (Å²) in [5, 5.41) is 2.84. The fourth-order valence-corrected chi connectivity index (χ4v) is 2.12. The highest BCUT2D eigenvalue weighted by Gasteiger charge is 2.11. The van der Waals surface area contributed by atoms with Crippen molar-refractivity contribution in [3.8, 4) is 0 Å². The minimum absolute atomic E-state index is 0.221. The second kappa shape index (κ2) is 6.17. The fraction of sp³-hybridized carbons (Fsp3) is 0. The third kappa shape index (κ3) is 3.24. The van der Waals surface area contributed by atoms with Crippen molar-refractivity contribution in [2.75, 3.05) is 10.7 Å². The summed E-state index contributed by atoms with van der Waals surface area (Å²) in [6, 6.07) is 5.37. The number of amides is 1. The number of anilines is 2. The van der Waals surface area contributed by atoms with E-state index >= 15 is 0 Å². The van der Waals surface area contributed by atoms with Crippen molar-refractivity contribution in [2.45, 2.75) is 0 Å². The first kappa shape index (κ1) is 14.7. The first-order valence-electron chi connectivity index (χ1n) is 5.40. The van der Waals surface area contributed by atoms with E-state index in [0.717, 1.165) is 0 Å². The molecule has 104 valence electrons. The molecule has 0 atom stereocenters. The average Bonchev–Trinajstić information content (AvgIpc) is 2.41. The Bertz CT molecular complexity index is 668. The molecule has 0 aliphatic rings. The van der Waals surface area contributed by atoms with E-state index in [9.17, 15) is 9.18 Å². The molecule has 2 rings (SSSR count). The highest BCUT2D eigenvalue weighted by atomic mass is 79.9. The van der Waals surface area contributed by atoms with Gasteiger partial charge in [-0.2, -0.15) is 0 Å². The Morgan fingerprint density at radius 1 is 1.40 bits per heavy atom. The number of halogens is 3. The topological polar surface area (TPSA) is 80.0 Å². The molecule has 0 aliphatic carbocycles. The van der Waals surface area contributed by atoms with E-state index in [-0.39, 0.29) is 16.4 Å². The molecule has 0 unspecified atom stereocenters. The van der Waals surface area contributed by atoms with E-state index in [4.69, 9.17) is 17.4 Å². The molecule has 5 nitrogen and oxygen atoms in total.